The van der Waals surface area contributed by atoms with Gasteiger partial charge in [-0.25, -0.2) is 12.1 Å². The van der Waals surface area contributed by atoms with E-state index in [1.165, 1.54) is 45.4 Å². The van der Waals surface area contributed by atoms with Gasteiger partial charge in [-0.3, -0.25) is 0 Å². The minimum atomic E-state index is 0. The van der Waals surface area contributed by atoms with Gasteiger partial charge in [-0.15, -0.1) is 11.1 Å². The number of benzene rings is 3. The summed E-state index contributed by atoms with van der Waals surface area (Å²) in [5.74, 6) is 0. The molecule has 0 N–H and O–H groups in total. The Morgan fingerprint density at radius 1 is 0.850 bits per heavy atom. The molecule has 1 aliphatic rings. The van der Waals surface area contributed by atoms with Crippen LogP contribution in [-0.2, 0) is 41.1 Å². The number of fused-ring (bicyclic) bond motifs is 3. The number of allylic oxidation sites excluding steroid dienone is 1. The smallest absolute Gasteiger partial charge is 0.0132 e. The third-order valence-corrected chi connectivity index (χ3v) is 8.68. The van der Waals surface area contributed by atoms with E-state index < -0.39 is 0 Å². The zero-order valence-electron chi connectivity index (χ0n) is 24.8. The average Bonchev–Trinajstić information content (AvgIpc) is 3.58. The average molecular weight is 736 g/mol. The minimum absolute atomic E-state index is 0. The maximum absolute atomic E-state index is 3.73. The normalized spacial score (nSPS) is 11.2. The van der Waals surface area contributed by atoms with Crippen molar-refractivity contribution in [2.75, 3.05) is 0 Å². The molecule has 5 rings (SSSR count). The molecule has 1 aliphatic carbocycles. The number of rotatable bonds is 4. The summed E-state index contributed by atoms with van der Waals surface area (Å²) >= 11 is 1.16. The summed E-state index contributed by atoms with van der Waals surface area (Å²) in [6.45, 7) is 17.3. The van der Waals surface area contributed by atoms with Crippen molar-refractivity contribution in [3.05, 3.63) is 138 Å². The molecule has 0 unspecified atom stereocenters. The van der Waals surface area contributed by atoms with E-state index in [9.17, 15) is 0 Å². The summed E-state index contributed by atoms with van der Waals surface area (Å²) in [6, 6.07) is 35.8. The Kier molecular flexibility index (Phi) is 14.9. The molecule has 0 saturated heterocycles. The van der Waals surface area contributed by atoms with Crippen molar-refractivity contribution in [2.24, 2.45) is 0 Å². The number of hydrogen-bond acceptors (Lipinski definition) is 0. The summed E-state index contributed by atoms with van der Waals surface area (Å²) in [6.07, 6.45) is 5.30. The molecule has 0 nitrogen and oxygen atoms in total. The summed E-state index contributed by atoms with van der Waals surface area (Å²) in [5, 5.41) is 0. The molecule has 0 amide bonds. The van der Waals surface area contributed by atoms with Gasteiger partial charge < -0.3 is 24.8 Å². The Bertz CT molecular complexity index is 1240. The predicted molar refractivity (Wildman–Crippen MR) is 163 cm³/mol. The standard InChI is InChI=1S/C21H25.C11H12.C5H5.2ClH.Hf/c1-20(2,3)16-7-9-18-14(12-16)11-15-13-17(21(4,5)6)8-10-19(15)18;1-2-3-5-8-11-9-6-4-7-10-11;1-2-4-5-3-1;;;/h7-10,12H,11H2,1-6H3;2,4,6-7,9-10H,1,3,5H2;1-5H;2*1H;/q-1;;-1;;;+2/p-2. The van der Waals surface area contributed by atoms with Crippen LogP contribution in [0.25, 0.3) is 11.1 Å². The molecule has 0 saturated carbocycles. The van der Waals surface area contributed by atoms with Gasteiger partial charge in [0.25, 0.3) is 0 Å². The SMILES string of the molecule is C=CCC[C](=[Hf+2])c1ccccc1.CC(C)(C)c1[c-]c2c(cc1)-c1ccc(C(C)(C)C)cc1C2.[Cl-].[Cl-].c1cc[cH-]c1. The van der Waals surface area contributed by atoms with Crippen molar-refractivity contribution in [1.29, 1.82) is 0 Å². The van der Waals surface area contributed by atoms with Crippen molar-refractivity contribution < 1.29 is 48.7 Å². The summed E-state index contributed by atoms with van der Waals surface area (Å²) in [4.78, 5) is 0. The second-order valence-electron chi connectivity index (χ2n) is 11.9. The first-order valence-electron chi connectivity index (χ1n) is 13.6. The van der Waals surface area contributed by atoms with E-state index in [4.69, 9.17) is 0 Å². The molecule has 0 aromatic heterocycles. The van der Waals surface area contributed by atoms with Crippen LogP contribution in [-0.4, -0.2) is 3.26 Å². The molecule has 0 radical (unpaired) electrons. The summed E-state index contributed by atoms with van der Waals surface area (Å²) < 4.78 is 1.58. The second-order valence-corrected chi connectivity index (χ2v) is 14.1. The Balaban J connectivity index is 0.000000356. The Morgan fingerprint density at radius 3 is 2.00 bits per heavy atom. The zero-order chi connectivity index (χ0) is 27.8. The van der Waals surface area contributed by atoms with Gasteiger partial charge in [0.1, 0.15) is 0 Å². The summed E-state index contributed by atoms with van der Waals surface area (Å²) in [5.41, 5.74) is 10.1. The van der Waals surface area contributed by atoms with Crippen LogP contribution in [0.1, 0.15) is 82.2 Å². The molecule has 0 atom stereocenters. The first kappa shape index (κ1) is 36.1. The fourth-order valence-corrected chi connectivity index (χ4v) is 5.50. The van der Waals surface area contributed by atoms with Gasteiger partial charge in [0.2, 0.25) is 0 Å². The monoisotopic (exact) mass is 736 g/mol. The van der Waals surface area contributed by atoms with Gasteiger partial charge in [-0.05, 0) is 28.4 Å². The van der Waals surface area contributed by atoms with Gasteiger partial charge >= 0.3 is 88.5 Å². The van der Waals surface area contributed by atoms with Crippen LogP contribution in [0.3, 0.4) is 0 Å². The van der Waals surface area contributed by atoms with E-state index in [1.54, 1.807) is 3.26 Å². The van der Waals surface area contributed by atoms with Gasteiger partial charge in [-0.2, -0.15) is 42.0 Å². The van der Waals surface area contributed by atoms with Crippen LogP contribution in [0.5, 0.6) is 0 Å². The molecular weight excluding hydrogens is 694 g/mol. The maximum Gasteiger partial charge on any atom is -0.0132 e. The van der Waals surface area contributed by atoms with E-state index in [-0.39, 0.29) is 35.6 Å². The molecule has 3 heteroatoms. The van der Waals surface area contributed by atoms with E-state index in [1.807, 2.05) is 36.4 Å². The van der Waals surface area contributed by atoms with Crippen molar-refractivity contribution in [2.45, 2.75) is 71.6 Å². The van der Waals surface area contributed by atoms with E-state index in [0.29, 0.717) is 0 Å². The van der Waals surface area contributed by atoms with Crippen LogP contribution < -0.4 is 24.8 Å². The Labute approximate surface area is 270 Å². The van der Waals surface area contributed by atoms with Crippen LogP contribution in [0.4, 0.5) is 0 Å². The van der Waals surface area contributed by atoms with Crippen molar-refractivity contribution in [3.63, 3.8) is 0 Å². The van der Waals surface area contributed by atoms with Gasteiger partial charge in [-0.1, -0.05) is 65.3 Å². The summed E-state index contributed by atoms with van der Waals surface area (Å²) in [7, 11) is 0. The van der Waals surface area contributed by atoms with Crippen LogP contribution in [0.15, 0.2) is 104 Å². The van der Waals surface area contributed by atoms with E-state index >= 15 is 0 Å². The molecular formula is C37H42Cl2Hf-2. The third-order valence-electron chi connectivity index (χ3n) is 6.74. The zero-order valence-corrected chi connectivity index (χ0v) is 29.9. The largest absolute Gasteiger partial charge is 1.00 e. The molecule has 0 bridgehead atoms. The first-order valence-corrected chi connectivity index (χ1v) is 15.4. The molecule has 40 heavy (non-hydrogen) atoms. The van der Waals surface area contributed by atoms with Gasteiger partial charge in [0.15, 0.2) is 0 Å². The van der Waals surface area contributed by atoms with Crippen LogP contribution >= 0.6 is 0 Å². The van der Waals surface area contributed by atoms with Crippen molar-refractivity contribution in [1.82, 2.24) is 0 Å². The molecule has 0 heterocycles. The Morgan fingerprint density at radius 2 is 1.48 bits per heavy atom. The van der Waals surface area contributed by atoms with Crippen molar-refractivity contribution >= 4 is 3.26 Å². The maximum atomic E-state index is 3.73. The minimum Gasteiger partial charge on any atom is -1.00 e. The van der Waals surface area contributed by atoms with Crippen LogP contribution in [0.2, 0.25) is 0 Å². The number of hydrogen-bond donors (Lipinski definition) is 0. The topological polar surface area (TPSA) is 0 Å². The second kappa shape index (κ2) is 16.5. The number of halogens is 2. The molecule has 0 spiro atoms. The first-order chi connectivity index (χ1) is 18.0. The fourth-order valence-electron chi connectivity index (χ4n) is 4.38. The molecule has 0 fully saturated rings. The van der Waals surface area contributed by atoms with Gasteiger partial charge in [0, 0.05) is 0 Å². The Hall–Kier alpha value is -1.93. The van der Waals surface area contributed by atoms with Crippen molar-refractivity contribution in [3.8, 4) is 11.1 Å². The molecule has 4 aromatic rings. The van der Waals surface area contributed by atoms with Crippen LogP contribution in [0, 0.1) is 6.07 Å². The van der Waals surface area contributed by atoms with E-state index in [2.05, 4.69) is 115 Å². The quantitative estimate of drug-likeness (QED) is 0.150. The van der Waals surface area contributed by atoms with E-state index in [0.717, 1.165) is 36.7 Å². The predicted octanol–water partition coefficient (Wildman–Crippen LogP) is 3.79. The fraction of sp³-hybridized carbons (Fsp3) is 0.297. The molecule has 4 aromatic carbocycles. The molecule has 0 aliphatic heterocycles. The van der Waals surface area contributed by atoms with Gasteiger partial charge in [0.05, 0.1) is 0 Å². The molecule has 210 valence electrons. The third kappa shape index (κ3) is 10.5.